The van der Waals surface area contributed by atoms with Gasteiger partial charge in [-0.15, -0.1) is 0 Å². The molecule has 12 N–H and O–H groups in total. The van der Waals surface area contributed by atoms with Crippen molar-refractivity contribution in [2.45, 2.75) is 94.0 Å². The topological polar surface area (TPSA) is 749 Å². The summed E-state index contributed by atoms with van der Waals surface area (Å²) in [7, 11) is -49.0. The molecule has 0 amide bonds. The van der Waals surface area contributed by atoms with Gasteiger partial charge in [0, 0.05) is 5.56 Å². The number of para-hydroxylation sites is 2. The molecule has 0 spiro atoms. The van der Waals surface area contributed by atoms with E-state index in [9.17, 15) is 106 Å². The molecule has 7 heterocycles. The molecule has 1 aromatic heterocycles. The molecule has 15 unspecified atom stereocenters. The van der Waals surface area contributed by atoms with Gasteiger partial charge in [-0.2, -0.15) is 4.31 Å². The van der Waals surface area contributed by atoms with Gasteiger partial charge in [-0.3, -0.25) is 18.0 Å². The molecule has 0 bridgehead atoms. The second kappa shape index (κ2) is 40.8. The van der Waals surface area contributed by atoms with Crippen LogP contribution in [0.15, 0.2) is 77.6 Å². The summed E-state index contributed by atoms with van der Waals surface area (Å²) in [4.78, 5) is 136. The summed E-state index contributed by atoms with van der Waals surface area (Å²) < 4.78 is 161. The number of hydrogen-bond acceptors (Lipinski definition) is 43. The van der Waals surface area contributed by atoms with Gasteiger partial charge in [-0.05, 0) is 49.4 Å². The van der Waals surface area contributed by atoms with Crippen LogP contribution < -0.4 is 47.8 Å². The molecule has 10 rings (SSSR count). The number of carboxylic acids is 1. The number of ether oxygens (including phenoxy) is 3. The van der Waals surface area contributed by atoms with E-state index < -0.39 is 179 Å². The van der Waals surface area contributed by atoms with Crippen molar-refractivity contribution >= 4 is 166 Å². The van der Waals surface area contributed by atoms with Gasteiger partial charge in [-0.25, -0.2) is 35.5 Å². The van der Waals surface area contributed by atoms with E-state index in [0.717, 1.165) is 22.2 Å². The SMILES string of the molecule is C[C@@H]1O[C@H](CO)C(O)C1O.C[C@@H]1O[C@H](COP([Se-])OP(=O)(O)OP(=O)([O-])O)C(O)C1O.C[C@@H]1O[C@H](COP2OP(=O)(O)OP(=O)(O)O2)C(O)C1O.O=C([O-])c1ccccc1OP1OP(=O)([O-])OP(=O)([O-])O1.O=C1OP(Cl)Oc2ccccc21.O=P([O-])([O-])OP(=O)([O-])O.O=c1[se]sc2ccccc12. The number of phosphoric acid groups is 8. The number of aliphatic hydroxyl groups is 7. The van der Waals surface area contributed by atoms with E-state index in [1.807, 2.05) is 24.3 Å². The predicted molar refractivity (Wildman–Crippen MR) is 328 cm³/mol. The van der Waals surface area contributed by atoms with Crippen LogP contribution in [-0.2, 0) is 103 Å². The average molecular weight is 1870 g/mol. The normalized spacial score (nSPS) is 34.5. The van der Waals surface area contributed by atoms with Crippen LogP contribution in [0, 0.1) is 0 Å². The Labute approximate surface area is 597 Å². The Hall–Kier alpha value is -0.301. The Morgan fingerprint density at radius 3 is 1.59 bits per heavy atom. The van der Waals surface area contributed by atoms with Gasteiger partial charge >= 0.3 is 241 Å². The van der Waals surface area contributed by atoms with Crippen LogP contribution in [0.4, 0.5) is 0 Å². The number of benzene rings is 3. The van der Waals surface area contributed by atoms with Crippen LogP contribution in [0.2, 0.25) is 0 Å². The fraction of sp³-hybridized carbons (Fsp3) is 0.462. The van der Waals surface area contributed by atoms with Crippen LogP contribution in [0.5, 0.6) is 11.5 Å². The Morgan fingerprint density at radius 2 is 1.14 bits per heavy atom. The van der Waals surface area contributed by atoms with Gasteiger partial charge in [-0.1, -0.05) is 24.3 Å². The zero-order valence-electron chi connectivity index (χ0n) is 50.1. The molecule has 47 nitrogen and oxygen atoms in total. The van der Waals surface area contributed by atoms with Crippen molar-refractivity contribution in [1.82, 2.24) is 0 Å². The van der Waals surface area contributed by atoms with Crippen LogP contribution in [0.3, 0.4) is 0 Å². The first-order valence-corrected chi connectivity index (χ1v) is 49.4. The van der Waals surface area contributed by atoms with Gasteiger partial charge in [0.2, 0.25) is 0 Å². The van der Waals surface area contributed by atoms with E-state index in [1.54, 1.807) is 40.9 Å². The summed E-state index contributed by atoms with van der Waals surface area (Å²) in [5, 5.41) is 76.6. The second-order valence-corrected chi connectivity index (χ2v) is 41.4. The quantitative estimate of drug-likeness (QED) is 0.0425. The molecule has 3 aromatic carbocycles. The number of carboxylic acid groups (broad SMARTS) is 1. The standard InChI is InChI=1S/C7H4ClO3P.C7H7O10P3.C7H4OSSe.C6H14O11P3Se.C6H13O11P3.C6H12O4.H4O7P2/c8-12-10-6-4-2-1-3-5(6)7(9)11-12;8-7(9)5-3-1-2-4-6(5)14-18-15-19(10,11)17-20(12,13)16-18;8-7-5-3-1-2-4-6(5)9-10-7;1-3-5(7)6(8)4(15-3)2-14-18(21)16-20(12,13)17-19(9,10)11;1-3-5(7)6(8)4(14-3)2-13-18-15-19(9,10)17-20(11,12)16-18;1-3-5(8)6(9)4(2-7)10-3;1-8(2,3)7-9(4,5)6/h1-4H;1-4H,(H,8,9)(H,10,11)(H,12,13);1-4H;3-8H,2H2,1H3,(H,12,13)(H2,9,10,11);3-8H,2H2,1H3,(H,9,10)(H,11,12);3-9H,2H2,1H3;(H2,1,2,3)(H2,4,5,6)/q;;;-1;;;/p-7/t;;;3-,4+,5?,6?,18?;2*3-,4+,5?,6?;/m...000./s1. The molecule has 4 aromatic rings. The second-order valence-electron chi connectivity index (χ2n) is 19.0. The fourth-order valence-electron chi connectivity index (χ4n) is 7.19. The van der Waals surface area contributed by atoms with E-state index in [4.69, 9.17) is 83.3 Å². The van der Waals surface area contributed by atoms with Crippen molar-refractivity contribution in [2.75, 3.05) is 19.8 Å². The molecule has 5 fully saturated rings. The summed E-state index contributed by atoms with van der Waals surface area (Å²) in [6.07, 6.45) is -10.5. The first-order chi connectivity index (χ1) is 46.7. The Balaban J connectivity index is 0.000000258. The van der Waals surface area contributed by atoms with E-state index in [0.29, 0.717) is 15.6 Å². The van der Waals surface area contributed by atoms with Gasteiger partial charge < -0.3 is 107 Å². The predicted octanol–water partition coefficient (Wildman–Crippen LogP) is -2.04. The van der Waals surface area contributed by atoms with E-state index in [-0.39, 0.29) is 45.0 Å². The zero-order chi connectivity index (χ0) is 77.5. The minimum atomic E-state index is -5.61. The molecule has 0 saturated carbocycles. The van der Waals surface area contributed by atoms with Crippen molar-refractivity contribution in [3.63, 3.8) is 0 Å². The number of halogens is 1. The molecule has 63 heteroatoms. The van der Waals surface area contributed by atoms with Gasteiger partial charge in [0.25, 0.3) is 23.5 Å². The maximum absolute atomic E-state index is 11.2. The van der Waals surface area contributed by atoms with Crippen molar-refractivity contribution in [3.05, 3.63) is 93.0 Å². The summed E-state index contributed by atoms with van der Waals surface area (Å²) in [5.41, 5.74) is -0.00736. The van der Waals surface area contributed by atoms with Gasteiger partial charge in [0.05, 0.1) is 39.2 Å². The van der Waals surface area contributed by atoms with Crippen LogP contribution >= 0.6 is 116 Å². The average Bonchev–Trinajstić information content (AvgIpc) is 1.21. The zero-order valence-corrected chi connectivity index (χ0v) is 65.8. The van der Waals surface area contributed by atoms with Crippen molar-refractivity contribution in [1.29, 1.82) is 0 Å². The number of aliphatic hydroxyl groups excluding tert-OH is 7. The molecular weight excluding hydrogens is 1820 g/mol. The molecule has 5 saturated heterocycles. The molecule has 0 aliphatic carbocycles. The first kappa shape index (κ1) is 94.1. The van der Waals surface area contributed by atoms with Crippen molar-refractivity contribution < 1.29 is 216 Å². The monoisotopic (exact) mass is 1870 g/mol. The molecular formula is C39H51ClO47P12SSe2-8. The molecule has 6 aliphatic rings. The number of rotatable bonds is 16. The van der Waals surface area contributed by atoms with Crippen LogP contribution in [-0.4, -0.2) is 194 Å². The Kier molecular flexibility index (Phi) is 37.6. The third-order valence-electron chi connectivity index (χ3n) is 11.4. The van der Waals surface area contributed by atoms with E-state index in [2.05, 4.69) is 58.9 Å². The van der Waals surface area contributed by atoms with Gasteiger partial charge in [0.15, 0.2) is 0 Å². The maximum atomic E-state index is 11.2. The minimum absolute atomic E-state index is 0.115. The van der Waals surface area contributed by atoms with E-state index >= 15 is 0 Å². The first-order valence-electron chi connectivity index (χ1n) is 26.2. The number of carbonyl (C=O) groups excluding carboxylic acids is 2. The summed E-state index contributed by atoms with van der Waals surface area (Å²) in [5.74, 6) is -1.91. The molecule has 6 aliphatic heterocycles. The Bertz CT molecular complexity index is 3820. The van der Waals surface area contributed by atoms with Crippen LogP contribution in [0.1, 0.15) is 41.5 Å². The summed E-state index contributed by atoms with van der Waals surface area (Å²) in [6, 6.07) is 19.6. The van der Waals surface area contributed by atoms with E-state index in [1.165, 1.54) is 26.0 Å². The van der Waals surface area contributed by atoms with Crippen molar-refractivity contribution in [3.8, 4) is 11.5 Å². The van der Waals surface area contributed by atoms with Crippen LogP contribution in [0.25, 0.3) is 10.1 Å². The van der Waals surface area contributed by atoms with Crippen molar-refractivity contribution in [2.24, 2.45) is 0 Å². The third-order valence-corrected chi connectivity index (χ3v) is 32.5. The Morgan fingerprint density at radius 1 is 0.667 bits per heavy atom. The molecule has 0 radical (unpaired) electrons. The van der Waals surface area contributed by atoms with Gasteiger partial charge in [0.1, 0.15) is 53.7 Å². The molecule has 582 valence electrons. The number of hydrogen-bond donors (Lipinski definition) is 12. The summed E-state index contributed by atoms with van der Waals surface area (Å²) >= 11 is 7.87. The summed E-state index contributed by atoms with van der Waals surface area (Å²) in [6.45, 7) is 3.80. The fourth-order valence-corrected chi connectivity index (χ4v) is 25.6. The number of carbonyl (C=O) groups is 2. The molecule has 21 atom stereocenters. The third kappa shape index (κ3) is 33.3. The number of fused-ring (bicyclic) bond motifs is 2. The number of aromatic carboxylic acids is 1. The molecule has 102 heavy (non-hydrogen) atoms.